The van der Waals surface area contributed by atoms with Crippen molar-refractivity contribution in [3.63, 3.8) is 0 Å². The Balaban J connectivity index is 1.61. The second-order valence-electron chi connectivity index (χ2n) is 7.23. The maximum atomic E-state index is 13.3. The van der Waals surface area contributed by atoms with Crippen molar-refractivity contribution in [1.29, 1.82) is 0 Å². The van der Waals surface area contributed by atoms with Crippen LogP contribution in [0.5, 0.6) is 0 Å². The summed E-state index contributed by atoms with van der Waals surface area (Å²) in [5.74, 6) is -0.195. The molecule has 0 saturated carbocycles. The van der Waals surface area contributed by atoms with Gasteiger partial charge in [-0.1, -0.05) is 48.9 Å². The Morgan fingerprint density at radius 1 is 1.20 bits per heavy atom. The summed E-state index contributed by atoms with van der Waals surface area (Å²) in [6, 6.07) is 14.7. The highest BCUT2D eigenvalue weighted by Crippen LogP contribution is 2.33. The summed E-state index contributed by atoms with van der Waals surface area (Å²) in [4.78, 5) is 26.2. The first-order valence-corrected chi connectivity index (χ1v) is 11.1. The molecular weight excluding hydrogens is 418 g/mol. The number of fused-ring (bicyclic) bond motifs is 3. The van der Waals surface area contributed by atoms with Crippen molar-refractivity contribution in [2.45, 2.75) is 32.7 Å². The van der Waals surface area contributed by atoms with E-state index in [2.05, 4.69) is 10.4 Å². The van der Waals surface area contributed by atoms with Gasteiger partial charge in [-0.2, -0.15) is 5.10 Å². The van der Waals surface area contributed by atoms with Gasteiger partial charge in [-0.25, -0.2) is 4.68 Å². The molecule has 0 aliphatic carbocycles. The van der Waals surface area contributed by atoms with Gasteiger partial charge in [-0.3, -0.25) is 9.59 Å². The SMILES string of the molecule is CC[C@H](C(=O)NCCc1ccc(Cl)cc1)n1nc(C)c2sc3ccccc3c2c1=O. The number of nitrogens with zero attached hydrogens (tertiary/aromatic N) is 2. The zero-order chi connectivity index (χ0) is 21.3. The zero-order valence-electron chi connectivity index (χ0n) is 16.8. The van der Waals surface area contributed by atoms with Crippen LogP contribution in [0, 0.1) is 6.92 Å². The van der Waals surface area contributed by atoms with Gasteiger partial charge >= 0.3 is 0 Å². The van der Waals surface area contributed by atoms with Crippen molar-refractivity contribution in [2.24, 2.45) is 0 Å². The van der Waals surface area contributed by atoms with Gasteiger partial charge in [0.25, 0.3) is 5.56 Å². The van der Waals surface area contributed by atoms with Crippen LogP contribution in [0.3, 0.4) is 0 Å². The molecule has 1 N–H and O–H groups in total. The van der Waals surface area contributed by atoms with Crippen molar-refractivity contribution in [1.82, 2.24) is 15.1 Å². The Labute approximate surface area is 183 Å². The van der Waals surface area contributed by atoms with E-state index in [0.29, 0.717) is 29.8 Å². The molecule has 0 bridgehead atoms. The number of aromatic nitrogens is 2. The molecular formula is C23H22ClN3O2S. The molecule has 4 rings (SSSR count). The quantitative estimate of drug-likeness (QED) is 0.465. The van der Waals surface area contributed by atoms with Crippen molar-refractivity contribution < 1.29 is 4.79 Å². The van der Waals surface area contributed by atoms with E-state index < -0.39 is 6.04 Å². The normalized spacial score (nSPS) is 12.4. The molecule has 0 saturated heterocycles. The molecule has 1 atom stereocenters. The fourth-order valence-electron chi connectivity index (χ4n) is 3.66. The number of aryl methyl sites for hydroxylation is 1. The summed E-state index contributed by atoms with van der Waals surface area (Å²) in [5.41, 5.74) is 1.64. The third kappa shape index (κ3) is 3.85. The molecule has 7 heteroatoms. The highest BCUT2D eigenvalue weighted by atomic mass is 35.5. The van der Waals surface area contributed by atoms with Gasteiger partial charge in [0.1, 0.15) is 6.04 Å². The van der Waals surface area contributed by atoms with Gasteiger partial charge in [-0.15, -0.1) is 11.3 Å². The van der Waals surface area contributed by atoms with Crippen LogP contribution in [0.15, 0.2) is 53.3 Å². The summed E-state index contributed by atoms with van der Waals surface area (Å²) in [6.07, 6.45) is 1.17. The second-order valence-corrected chi connectivity index (χ2v) is 8.72. The minimum atomic E-state index is -0.649. The predicted octanol–water partition coefficient (Wildman–Crippen LogP) is 4.88. The van der Waals surface area contributed by atoms with E-state index in [9.17, 15) is 9.59 Å². The number of hydrogen-bond donors (Lipinski definition) is 1. The maximum absolute atomic E-state index is 13.3. The number of thiophene rings is 1. The van der Waals surface area contributed by atoms with Gasteiger partial charge in [0, 0.05) is 21.7 Å². The molecule has 4 aromatic rings. The topological polar surface area (TPSA) is 64.0 Å². The lowest BCUT2D eigenvalue weighted by atomic mass is 10.1. The van der Waals surface area contributed by atoms with Gasteiger partial charge in [0.05, 0.1) is 15.8 Å². The van der Waals surface area contributed by atoms with E-state index in [1.54, 1.807) is 11.3 Å². The molecule has 0 fully saturated rings. The van der Waals surface area contributed by atoms with Crippen LogP contribution < -0.4 is 10.9 Å². The molecule has 2 aromatic heterocycles. The third-order valence-electron chi connectivity index (χ3n) is 5.21. The summed E-state index contributed by atoms with van der Waals surface area (Å²) in [5, 5.41) is 9.71. The Kier molecular flexibility index (Phi) is 5.88. The number of benzene rings is 2. The van der Waals surface area contributed by atoms with E-state index in [4.69, 9.17) is 11.6 Å². The van der Waals surface area contributed by atoms with Crippen LogP contribution in [0.1, 0.15) is 30.6 Å². The Bertz CT molecular complexity index is 1280. The smallest absolute Gasteiger partial charge is 0.276 e. The number of amides is 1. The maximum Gasteiger partial charge on any atom is 0.276 e. The van der Waals surface area contributed by atoms with Gasteiger partial charge in [0.2, 0.25) is 5.91 Å². The second kappa shape index (κ2) is 8.58. The summed E-state index contributed by atoms with van der Waals surface area (Å²) in [6.45, 7) is 4.26. The fraction of sp³-hybridized carbons (Fsp3) is 0.261. The zero-order valence-corrected chi connectivity index (χ0v) is 18.4. The number of hydrogen-bond acceptors (Lipinski definition) is 4. The number of halogens is 1. The molecule has 0 aliphatic rings. The first-order valence-electron chi connectivity index (χ1n) is 9.92. The average molecular weight is 440 g/mol. The van der Waals surface area contributed by atoms with E-state index in [1.807, 2.05) is 62.4 Å². The van der Waals surface area contributed by atoms with Crippen LogP contribution in [0.25, 0.3) is 20.2 Å². The monoisotopic (exact) mass is 439 g/mol. The Morgan fingerprint density at radius 2 is 1.93 bits per heavy atom. The lowest BCUT2D eigenvalue weighted by molar-refractivity contribution is -0.124. The lowest BCUT2D eigenvalue weighted by Crippen LogP contribution is -2.39. The molecule has 1 amide bonds. The van der Waals surface area contributed by atoms with Crippen molar-refractivity contribution in [2.75, 3.05) is 6.54 Å². The first-order chi connectivity index (χ1) is 14.5. The number of rotatable bonds is 6. The molecule has 0 spiro atoms. The van der Waals surface area contributed by atoms with Crippen molar-refractivity contribution >= 4 is 49.0 Å². The fourth-order valence-corrected chi connectivity index (χ4v) is 4.92. The predicted molar refractivity (Wildman–Crippen MR) is 124 cm³/mol. The van der Waals surface area contributed by atoms with E-state index in [-0.39, 0.29) is 11.5 Å². The van der Waals surface area contributed by atoms with Gasteiger partial charge in [0.15, 0.2) is 0 Å². The highest BCUT2D eigenvalue weighted by molar-refractivity contribution is 7.26. The number of carbonyl (C=O) groups excluding carboxylic acids is 1. The van der Waals surface area contributed by atoms with Gasteiger partial charge < -0.3 is 5.32 Å². The minimum absolute atomic E-state index is 0.195. The molecule has 0 radical (unpaired) electrons. The molecule has 2 heterocycles. The number of nitrogens with one attached hydrogen (secondary N) is 1. The Hall–Kier alpha value is -2.70. The minimum Gasteiger partial charge on any atom is -0.354 e. The lowest BCUT2D eigenvalue weighted by Gasteiger charge is -2.17. The summed E-state index contributed by atoms with van der Waals surface area (Å²) >= 11 is 7.48. The van der Waals surface area contributed by atoms with Crippen molar-refractivity contribution in [3.8, 4) is 0 Å². The molecule has 0 unspecified atom stereocenters. The average Bonchev–Trinajstić information content (AvgIpc) is 3.14. The van der Waals surface area contributed by atoms with Crippen LogP contribution >= 0.6 is 22.9 Å². The largest absolute Gasteiger partial charge is 0.354 e. The first kappa shape index (κ1) is 20.6. The molecule has 5 nitrogen and oxygen atoms in total. The van der Waals surface area contributed by atoms with Gasteiger partial charge in [-0.05, 0) is 43.5 Å². The van der Waals surface area contributed by atoms with E-state index >= 15 is 0 Å². The van der Waals surface area contributed by atoms with E-state index in [1.165, 1.54) is 4.68 Å². The molecule has 2 aromatic carbocycles. The standard InChI is InChI=1S/C23H22ClN3O2S/c1-3-18(22(28)25-13-12-15-8-10-16(24)11-9-15)27-23(29)20-17-6-4-5-7-19(17)30-21(20)14(2)26-27/h4-11,18H,3,12-13H2,1-2H3,(H,25,28)/t18-/m1/s1. The Morgan fingerprint density at radius 3 is 2.67 bits per heavy atom. The molecule has 0 aliphatic heterocycles. The van der Waals surface area contributed by atoms with Crippen LogP contribution in [0.2, 0.25) is 5.02 Å². The van der Waals surface area contributed by atoms with Crippen LogP contribution in [-0.4, -0.2) is 22.2 Å². The highest BCUT2D eigenvalue weighted by Gasteiger charge is 2.24. The van der Waals surface area contributed by atoms with Crippen LogP contribution in [-0.2, 0) is 11.2 Å². The van der Waals surface area contributed by atoms with Crippen molar-refractivity contribution in [3.05, 3.63) is 75.2 Å². The van der Waals surface area contributed by atoms with E-state index in [0.717, 1.165) is 26.0 Å². The third-order valence-corrected chi connectivity index (χ3v) is 6.75. The summed E-state index contributed by atoms with van der Waals surface area (Å²) in [7, 11) is 0. The summed E-state index contributed by atoms with van der Waals surface area (Å²) < 4.78 is 3.29. The molecule has 30 heavy (non-hydrogen) atoms. The van der Waals surface area contributed by atoms with Crippen LogP contribution in [0.4, 0.5) is 0 Å². The molecule has 154 valence electrons. The number of carbonyl (C=O) groups is 1.